The zero-order valence-corrected chi connectivity index (χ0v) is 11.0. The maximum absolute atomic E-state index is 9.42. The molecule has 0 spiro atoms. The van der Waals surface area contributed by atoms with Gasteiger partial charge in [-0.05, 0) is 29.8 Å². The van der Waals surface area contributed by atoms with E-state index in [4.69, 9.17) is 11.5 Å². The molecule has 5 nitrogen and oxygen atoms in total. The van der Waals surface area contributed by atoms with Gasteiger partial charge in [-0.1, -0.05) is 18.2 Å². The summed E-state index contributed by atoms with van der Waals surface area (Å²) in [5, 5.41) is 19.6. The second-order valence-corrected chi connectivity index (χ2v) is 4.68. The van der Waals surface area contributed by atoms with Crippen LogP contribution in [0.4, 0.5) is 11.5 Å². The standard InChI is InChI=1S/C16H12N4O/c17-8-13-15(9-1-4-11(21)5-2-9)12-6-3-10(18)7-14(12)20-16(13)19/h1-7,21H,18H2,(H2,19,20). The first kappa shape index (κ1) is 12.8. The number of aromatic hydroxyl groups is 1. The van der Waals surface area contributed by atoms with Crippen molar-refractivity contribution in [3.8, 4) is 22.9 Å². The first-order chi connectivity index (χ1) is 10.1. The molecule has 0 unspecified atom stereocenters. The predicted molar refractivity (Wildman–Crippen MR) is 82.4 cm³/mol. The highest BCUT2D eigenvalue weighted by Gasteiger charge is 2.15. The highest BCUT2D eigenvalue weighted by atomic mass is 16.3. The number of pyridine rings is 1. The Morgan fingerprint density at radius 1 is 1.05 bits per heavy atom. The molecule has 5 heteroatoms. The maximum atomic E-state index is 9.42. The zero-order chi connectivity index (χ0) is 15.0. The van der Waals surface area contributed by atoms with Gasteiger partial charge in [-0.2, -0.15) is 5.26 Å². The van der Waals surface area contributed by atoms with Crippen molar-refractivity contribution in [1.29, 1.82) is 5.26 Å². The first-order valence-corrected chi connectivity index (χ1v) is 6.28. The molecule has 0 aliphatic carbocycles. The minimum Gasteiger partial charge on any atom is -0.508 e. The number of benzene rings is 2. The molecule has 0 saturated carbocycles. The van der Waals surface area contributed by atoms with Crippen LogP contribution in [-0.4, -0.2) is 10.1 Å². The average Bonchev–Trinajstić information content (AvgIpc) is 2.46. The Hall–Kier alpha value is -3.26. The molecule has 0 atom stereocenters. The van der Waals surface area contributed by atoms with Crippen LogP contribution in [-0.2, 0) is 0 Å². The molecule has 1 heterocycles. The summed E-state index contributed by atoms with van der Waals surface area (Å²) in [7, 11) is 0. The molecule has 3 aromatic rings. The van der Waals surface area contributed by atoms with Crippen molar-refractivity contribution < 1.29 is 5.11 Å². The summed E-state index contributed by atoms with van der Waals surface area (Å²) in [5.41, 5.74) is 14.7. The molecule has 0 aliphatic heterocycles. The predicted octanol–water partition coefficient (Wildman–Crippen LogP) is 2.64. The molecule has 5 N–H and O–H groups in total. The number of nitriles is 1. The van der Waals surface area contributed by atoms with Gasteiger partial charge in [-0.3, -0.25) is 0 Å². The summed E-state index contributed by atoms with van der Waals surface area (Å²) in [4.78, 5) is 4.24. The van der Waals surface area contributed by atoms with Crippen LogP contribution >= 0.6 is 0 Å². The van der Waals surface area contributed by atoms with Gasteiger partial charge in [-0.15, -0.1) is 0 Å². The van der Waals surface area contributed by atoms with Gasteiger partial charge in [0.1, 0.15) is 23.2 Å². The highest BCUT2D eigenvalue weighted by molar-refractivity contribution is 6.00. The van der Waals surface area contributed by atoms with E-state index in [1.165, 1.54) is 0 Å². The molecule has 21 heavy (non-hydrogen) atoms. The third-order valence-electron chi connectivity index (χ3n) is 3.31. The van der Waals surface area contributed by atoms with Gasteiger partial charge in [0.25, 0.3) is 0 Å². The molecule has 0 fully saturated rings. The molecule has 0 amide bonds. The van der Waals surface area contributed by atoms with Gasteiger partial charge >= 0.3 is 0 Å². The summed E-state index contributed by atoms with van der Waals surface area (Å²) in [6, 6.07) is 14.0. The largest absolute Gasteiger partial charge is 0.508 e. The minimum atomic E-state index is 0.160. The number of nitrogens with two attached hydrogens (primary N) is 2. The lowest BCUT2D eigenvalue weighted by Crippen LogP contribution is -1.99. The van der Waals surface area contributed by atoms with E-state index in [1.54, 1.807) is 36.4 Å². The van der Waals surface area contributed by atoms with E-state index in [-0.39, 0.29) is 11.6 Å². The first-order valence-electron chi connectivity index (χ1n) is 6.28. The van der Waals surface area contributed by atoms with Gasteiger partial charge in [-0.25, -0.2) is 4.98 Å². The summed E-state index contributed by atoms with van der Waals surface area (Å²) in [6.45, 7) is 0. The zero-order valence-electron chi connectivity index (χ0n) is 11.0. The summed E-state index contributed by atoms with van der Waals surface area (Å²) < 4.78 is 0. The van der Waals surface area contributed by atoms with E-state index in [9.17, 15) is 10.4 Å². The number of nitrogens with zero attached hydrogens (tertiary/aromatic N) is 2. The number of aromatic nitrogens is 1. The Morgan fingerprint density at radius 2 is 1.76 bits per heavy atom. The molecule has 3 rings (SSSR count). The van der Waals surface area contributed by atoms with Crippen LogP contribution in [0.5, 0.6) is 5.75 Å². The van der Waals surface area contributed by atoms with Gasteiger partial charge in [0.2, 0.25) is 0 Å². The van der Waals surface area contributed by atoms with Crippen molar-refractivity contribution in [2.45, 2.75) is 0 Å². The number of phenolic OH excluding ortho intramolecular Hbond substituents is 1. The molecule has 102 valence electrons. The van der Waals surface area contributed by atoms with Crippen LogP contribution in [0.2, 0.25) is 0 Å². The smallest absolute Gasteiger partial charge is 0.142 e. The quantitative estimate of drug-likeness (QED) is 0.592. The number of nitrogen functional groups attached to an aromatic ring is 2. The molecule has 0 aliphatic rings. The van der Waals surface area contributed by atoms with E-state index in [0.717, 1.165) is 10.9 Å². The van der Waals surface area contributed by atoms with Crippen molar-refractivity contribution in [2.75, 3.05) is 11.5 Å². The summed E-state index contributed by atoms with van der Waals surface area (Å²) in [6.07, 6.45) is 0. The molecule has 2 aromatic carbocycles. The van der Waals surface area contributed by atoms with Gasteiger partial charge in [0.15, 0.2) is 0 Å². The normalized spacial score (nSPS) is 10.4. The second-order valence-electron chi connectivity index (χ2n) is 4.68. The molecular formula is C16H12N4O. The van der Waals surface area contributed by atoms with Crippen LogP contribution in [0, 0.1) is 11.3 Å². The Morgan fingerprint density at radius 3 is 2.43 bits per heavy atom. The minimum absolute atomic E-state index is 0.160. The van der Waals surface area contributed by atoms with Crippen molar-refractivity contribution in [3.63, 3.8) is 0 Å². The molecule has 0 saturated heterocycles. The van der Waals surface area contributed by atoms with Crippen LogP contribution in [0.1, 0.15) is 5.56 Å². The number of phenols is 1. The Kier molecular flexibility index (Phi) is 2.85. The Balaban J connectivity index is 2.43. The number of hydrogen-bond donors (Lipinski definition) is 3. The second kappa shape index (κ2) is 4.69. The van der Waals surface area contributed by atoms with E-state index < -0.39 is 0 Å². The van der Waals surface area contributed by atoms with Gasteiger partial charge in [0.05, 0.1) is 5.52 Å². The topological polar surface area (TPSA) is 109 Å². The van der Waals surface area contributed by atoms with Crippen LogP contribution < -0.4 is 11.5 Å². The number of anilines is 2. The fraction of sp³-hybridized carbons (Fsp3) is 0. The van der Waals surface area contributed by atoms with Gasteiger partial charge in [0, 0.05) is 16.6 Å². The fourth-order valence-corrected chi connectivity index (χ4v) is 2.34. The highest BCUT2D eigenvalue weighted by Crippen LogP contribution is 2.35. The molecule has 1 aromatic heterocycles. The lowest BCUT2D eigenvalue weighted by atomic mass is 9.96. The summed E-state index contributed by atoms with van der Waals surface area (Å²) in [5.74, 6) is 0.325. The maximum Gasteiger partial charge on any atom is 0.142 e. The SMILES string of the molecule is N#Cc1c(N)nc2cc(N)ccc2c1-c1ccc(O)cc1. The molecule has 0 radical (unpaired) electrons. The Bertz CT molecular complexity index is 879. The Labute approximate surface area is 121 Å². The molecular weight excluding hydrogens is 264 g/mol. The number of rotatable bonds is 1. The fourth-order valence-electron chi connectivity index (χ4n) is 2.34. The summed E-state index contributed by atoms with van der Waals surface area (Å²) >= 11 is 0. The van der Waals surface area contributed by atoms with Crippen molar-refractivity contribution in [3.05, 3.63) is 48.0 Å². The van der Waals surface area contributed by atoms with Crippen LogP contribution in [0.15, 0.2) is 42.5 Å². The monoisotopic (exact) mass is 276 g/mol. The lowest BCUT2D eigenvalue weighted by molar-refractivity contribution is 0.475. The van der Waals surface area contributed by atoms with Gasteiger partial charge < -0.3 is 16.6 Å². The van der Waals surface area contributed by atoms with Crippen LogP contribution in [0.25, 0.3) is 22.0 Å². The van der Waals surface area contributed by atoms with Crippen LogP contribution in [0.3, 0.4) is 0 Å². The molecule has 0 bridgehead atoms. The van der Waals surface area contributed by atoms with E-state index in [1.807, 2.05) is 6.07 Å². The van der Waals surface area contributed by atoms with E-state index in [0.29, 0.717) is 22.3 Å². The van der Waals surface area contributed by atoms with Crippen molar-refractivity contribution in [1.82, 2.24) is 4.98 Å². The third kappa shape index (κ3) is 2.09. The number of hydrogen-bond acceptors (Lipinski definition) is 5. The number of fused-ring (bicyclic) bond motifs is 1. The lowest BCUT2D eigenvalue weighted by Gasteiger charge is -2.11. The van der Waals surface area contributed by atoms with E-state index >= 15 is 0 Å². The van der Waals surface area contributed by atoms with E-state index in [2.05, 4.69) is 11.1 Å². The average molecular weight is 276 g/mol. The third-order valence-corrected chi connectivity index (χ3v) is 3.31. The van der Waals surface area contributed by atoms with Crippen molar-refractivity contribution in [2.24, 2.45) is 0 Å². The van der Waals surface area contributed by atoms with Crippen molar-refractivity contribution >= 4 is 22.4 Å².